The van der Waals surface area contributed by atoms with Crippen LogP contribution in [0.5, 0.6) is 0 Å². The van der Waals surface area contributed by atoms with Crippen LogP contribution in [0, 0.1) is 0 Å². The number of para-hydroxylation sites is 3. The first-order chi connectivity index (χ1) is 34.5. The number of ether oxygens (including phenoxy) is 1. The summed E-state index contributed by atoms with van der Waals surface area (Å²) < 4.78 is 8.66. The minimum absolute atomic E-state index is 0. The zero-order valence-corrected chi connectivity index (χ0v) is 55.1. The summed E-state index contributed by atoms with van der Waals surface area (Å²) in [6.45, 7) is 14.0. The standard InChI is InChI=1S/C14H12N4O3.2C12H8N4O3.3C2H6.3CH4S.3CH4.HI.3Re/c1-2-21-13(20)9-7-15-18(8-9)14-16-11-6-4-3-5-10(11)12(19)17-14;2*17-10-8-3-1-2-4-9(8)14-12(15-10)16-6-7(5-13-16)11(18)19;6*1-2;;;;;;;/h3-8H,2H2,1H3,(H,16,17,19);2*1-6H,(H,18,19)(H,14,15,17);3*1-2H3;3*2H,1H3;3*1H4;1H;;;/p-3. The number of rotatable bonds is 7. The number of aromatic nitrogens is 12. The van der Waals surface area contributed by atoms with Crippen molar-refractivity contribution in [2.45, 2.75) is 70.7 Å². The van der Waals surface area contributed by atoms with E-state index in [9.17, 15) is 28.8 Å². The number of benzene rings is 3. The number of hydrogen-bond acceptors (Lipinski definition) is 16. The van der Waals surface area contributed by atoms with Gasteiger partial charge in [0.05, 0.1) is 74.6 Å². The molecule has 9 aromatic rings. The number of nitrogens with one attached hydrogen (secondary N) is 3. The first-order valence-electron chi connectivity index (χ1n) is 21.5. The van der Waals surface area contributed by atoms with Crippen LogP contribution < -0.4 is 16.7 Å². The smallest absolute Gasteiger partial charge is 0.341 e. The summed E-state index contributed by atoms with van der Waals surface area (Å²) in [5.41, 5.74) is 1.09. The number of carbonyl (C=O) groups is 3. The molecule has 78 heavy (non-hydrogen) atoms. The van der Waals surface area contributed by atoms with Crippen molar-refractivity contribution in [3.05, 3.63) is 158 Å². The fourth-order valence-corrected chi connectivity index (χ4v) is 5.40. The van der Waals surface area contributed by atoms with Crippen molar-refractivity contribution in [3.63, 3.8) is 0 Å². The van der Waals surface area contributed by atoms with Crippen LogP contribution >= 0.6 is 24.0 Å². The summed E-state index contributed by atoms with van der Waals surface area (Å²) in [5, 5.41) is 30.8. The zero-order valence-electron chi connectivity index (χ0n) is 42.1. The fraction of sp³-hybridized carbons (Fsp3) is 0.280. The van der Waals surface area contributed by atoms with Crippen LogP contribution in [0.25, 0.3) is 50.6 Å². The van der Waals surface area contributed by atoms with Crippen molar-refractivity contribution in [1.82, 2.24) is 59.2 Å². The van der Waals surface area contributed by atoms with Gasteiger partial charge in [-0.25, -0.2) is 43.4 Å². The summed E-state index contributed by atoms with van der Waals surface area (Å²) in [6.07, 6.45) is 12.5. The van der Waals surface area contributed by atoms with Gasteiger partial charge in [0.1, 0.15) is 0 Å². The van der Waals surface area contributed by atoms with Gasteiger partial charge in [-0.15, -0.1) is 24.0 Å². The Morgan fingerprint density at radius 1 is 0.487 bits per heavy atom. The molecule has 6 aromatic heterocycles. The number of H-pyrrole nitrogens is 3. The van der Waals surface area contributed by atoms with Gasteiger partial charge in [0.2, 0.25) is 17.8 Å². The van der Waals surface area contributed by atoms with Gasteiger partial charge in [0, 0.05) is 79.9 Å². The van der Waals surface area contributed by atoms with E-state index in [1.165, 1.54) is 51.2 Å². The number of esters is 1. The van der Waals surface area contributed by atoms with Gasteiger partial charge in [0.25, 0.3) is 16.7 Å². The van der Waals surface area contributed by atoms with Gasteiger partial charge in [-0.1, -0.05) is 100 Å². The first kappa shape index (κ1) is 86.8. The molecule has 3 radical (unpaired) electrons. The molecule has 6 heterocycles. The summed E-state index contributed by atoms with van der Waals surface area (Å²) in [5.74, 6) is -2.04. The maximum Gasteiger partial charge on any atom is 0.341 e. The molecule has 0 bridgehead atoms. The molecular weight excluding hydrogens is 1690 g/mol. The van der Waals surface area contributed by atoms with Gasteiger partial charge in [-0.05, 0) is 43.3 Å². The molecule has 5 N–H and O–H groups in total. The SMILES string of the molecule is C.C.C.CC.CC.CC.CCOC(=O)c1cnn(-c2nc3ccccc3c(=O)[nH]2)c1.C[S-].C[S-].C[S-].I.O=C(O)c1cnn(-c2nc3ccccc3c(=O)[nH]2)c1.O=C(O)c1cnn(-c2nc3ccccc3c(=O)[nH]2)c1.[Re].[Re].[Re]. The summed E-state index contributed by atoms with van der Waals surface area (Å²) in [4.78, 5) is 89.4. The molecule has 0 amide bonds. The monoisotopic (exact) mass is 1760 g/mol. The van der Waals surface area contributed by atoms with Crippen molar-refractivity contribution in [3.8, 4) is 17.8 Å². The van der Waals surface area contributed by atoms with E-state index in [1.807, 2.05) is 41.5 Å². The van der Waals surface area contributed by atoms with E-state index in [-0.39, 0.29) is 160 Å². The molecule has 0 spiro atoms. The molecule has 0 saturated carbocycles. The molecule has 0 saturated heterocycles. The molecule has 3 aromatic carbocycles. The number of aromatic amines is 3. The van der Waals surface area contributed by atoms with Crippen molar-refractivity contribution >= 4 is 112 Å². The first-order valence-corrected chi connectivity index (χ1v) is 23.9. The Bertz CT molecular complexity index is 3120. The number of nitrogens with zero attached hydrogens (tertiary/aromatic N) is 9. The average Bonchev–Trinajstić information content (AvgIpc) is 4.24. The van der Waals surface area contributed by atoms with Gasteiger partial charge >= 0.3 is 17.9 Å². The maximum absolute atomic E-state index is 12.0. The van der Waals surface area contributed by atoms with Crippen molar-refractivity contribution < 1.29 is 90.6 Å². The van der Waals surface area contributed by atoms with Crippen molar-refractivity contribution in [1.29, 1.82) is 0 Å². The number of carboxylic acid groups (broad SMARTS) is 2. The Hall–Kier alpha value is -5.11. The molecular formula is C50H68IN12O9Re3S3-3. The topological polar surface area (TPSA) is 292 Å². The van der Waals surface area contributed by atoms with Gasteiger partial charge in [-0.2, -0.15) is 34.1 Å². The molecule has 0 fully saturated rings. The number of fused-ring (bicyclic) bond motifs is 3. The normalized spacial score (nSPS) is 8.58. The predicted octanol–water partition coefficient (Wildman–Crippen LogP) is 8.99. The van der Waals surface area contributed by atoms with Crippen molar-refractivity contribution in [2.75, 3.05) is 25.4 Å². The summed E-state index contributed by atoms with van der Waals surface area (Å²) in [7, 11) is 0. The second-order valence-electron chi connectivity index (χ2n) is 12.1. The largest absolute Gasteiger partial charge is 0.796 e. The Labute approximate surface area is 529 Å². The molecule has 0 atom stereocenters. The molecule has 21 nitrogen and oxygen atoms in total. The van der Waals surface area contributed by atoms with E-state index >= 15 is 0 Å². The molecule has 431 valence electrons. The second kappa shape index (κ2) is 47.8. The van der Waals surface area contributed by atoms with Crippen LogP contribution in [0.3, 0.4) is 0 Å². The molecule has 0 aliphatic rings. The predicted molar refractivity (Wildman–Crippen MR) is 318 cm³/mol. The maximum atomic E-state index is 12.0. The van der Waals surface area contributed by atoms with E-state index < -0.39 is 17.9 Å². The Morgan fingerprint density at radius 3 is 0.974 bits per heavy atom. The number of aromatic carboxylic acids is 2. The molecule has 0 aliphatic carbocycles. The number of carbonyl (C=O) groups excluding carboxylic acids is 1. The Kier molecular flexibility index (Phi) is 53.2. The second-order valence-corrected chi connectivity index (χ2v) is 12.1. The van der Waals surface area contributed by atoms with E-state index in [1.54, 1.807) is 98.5 Å². The van der Waals surface area contributed by atoms with Crippen LogP contribution in [0.15, 0.2) is 124 Å². The van der Waals surface area contributed by atoms with E-state index in [2.05, 4.69) is 83.1 Å². The molecule has 0 unspecified atom stereocenters. The molecule has 28 heteroatoms. The third-order valence-corrected chi connectivity index (χ3v) is 8.20. The van der Waals surface area contributed by atoms with Crippen LogP contribution in [0.1, 0.15) is 102 Å². The van der Waals surface area contributed by atoms with Crippen molar-refractivity contribution in [2.24, 2.45) is 0 Å². The van der Waals surface area contributed by atoms with Gasteiger partial charge < -0.3 is 52.8 Å². The zero-order chi connectivity index (χ0) is 53.6. The van der Waals surface area contributed by atoms with E-state index in [0.717, 1.165) is 0 Å². The number of carboxylic acids is 2. The Morgan fingerprint density at radius 2 is 0.731 bits per heavy atom. The molecule has 0 aliphatic heterocycles. The van der Waals surface area contributed by atoms with Crippen LogP contribution in [0.4, 0.5) is 0 Å². The van der Waals surface area contributed by atoms with Crippen LogP contribution in [-0.4, -0.2) is 113 Å². The third kappa shape index (κ3) is 24.9. The summed E-state index contributed by atoms with van der Waals surface area (Å²) in [6, 6.07) is 20.8. The Balaban J connectivity index is -0.000000170. The third-order valence-electron chi connectivity index (χ3n) is 8.20. The molecule has 9 rings (SSSR count). The van der Waals surface area contributed by atoms with Crippen LogP contribution in [-0.2, 0) is 104 Å². The van der Waals surface area contributed by atoms with Gasteiger partial charge in [-0.3, -0.25) is 29.3 Å². The van der Waals surface area contributed by atoms with Crippen LogP contribution in [0.2, 0.25) is 0 Å². The quantitative estimate of drug-likeness (QED) is 0.0565. The average molecular weight is 1760 g/mol. The number of hydrogen-bond donors (Lipinski definition) is 5. The van der Waals surface area contributed by atoms with E-state index in [0.29, 0.717) is 38.3 Å². The van der Waals surface area contributed by atoms with E-state index in [4.69, 9.17) is 14.9 Å². The minimum atomic E-state index is -1.09. The fourth-order valence-electron chi connectivity index (χ4n) is 5.40. The minimum Gasteiger partial charge on any atom is -0.796 e. The van der Waals surface area contributed by atoms with Gasteiger partial charge in [0.15, 0.2) is 0 Å². The number of halogens is 1. The summed E-state index contributed by atoms with van der Waals surface area (Å²) >= 11 is 12.2.